The van der Waals surface area contributed by atoms with E-state index in [2.05, 4.69) is 12.1 Å². The van der Waals surface area contributed by atoms with Crippen molar-refractivity contribution in [3.8, 4) is 0 Å². The summed E-state index contributed by atoms with van der Waals surface area (Å²) < 4.78 is 5.13. The van der Waals surface area contributed by atoms with Crippen molar-refractivity contribution in [3.05, 3.63) is 35.9 Å². The summed E-state index contributed by atoms with van der Waals surface area (Å²) in [7, 11) is 0. The first kappa shape index (κ1) is 14.0. The lowest BCUT2D eigenvalue weighted by Gasteiger charge is -2.04. The van der Waals surface area contributed by atoms with Gasteiger partial charge in [-0.25, -0.2) is 0 Å². The molecule has 0 amide bonds. The van der Waals surface area contributed by atoms with Gasteiger partial charge in [0.2, 0.25) is 0 Å². The van der Waals surface area contributed by atoms with Gasteiger partial charge in [0.1, 0.15) is 0 Å². The van der Waals surface area contributed by atoms with Crippen LogP contribution >= 0.6 is 11.6 Å². The first-order chi connectivity index (χ1) is 8.33. The minimum absolute atomic E-state index is 0.108. The Morgan fingerprint density at radius 2 is 1.88 bits per heavy atom. The summed E-state index contributed by atoms with van der Waals surface area (Å²) in [6.07, 6.45) is 4.01. The molecule has 94 valence electrons. The zero-order chi connectivity index (χ0) is 12.3. The molecule has 0 bridgehead atoms. The van der Waals surface area contributed by atoms with Crippen molar-refractivity contribution in [1.29, 1.82) is 0 Å². The molecule has 1 aromatic carbocycles. The zero-order valence-electron chi connectivity index (χ0n) is 10.0. The fourth-order valence-corrected chi connectivity index (χ4v) is 1.73. The number of carbonyl (C=O) groups excluding carboxylic acids is 1. The van der Waals surface area contributed by atoms with Crippen molar-refractivity contribution >= 4 is 17.6 Å². The highest BCUT2D eigenvalue weighted by Crippen LogP contribution is 2.04. The molecule has 0 aliphatic rings. The van der Waals surface area contributed by atoms with Crippen molar-refractivity contribution in [3.63, 3.8) is 0 Å². The number of carbonyl (C=O) groups is 1. The number of unbranched alkanes of at least 4 members (excludes halogenated alkanes) is 1. The number of ether oxygens (including phenoxy) is 1. The predicted octanol–water partition coefficient (Wildman–Crippen LogP) is 3.57. The zero-order valence-corrected chi connectivity index (χ0v) is 10.8. The Hall–Kier alpha value is -1.02. The van der Waals surface area contributed by atoms with Gasteiger partial charge in [-0.3, -0.25) is 4.79 Å². The van der Waals surface area contributed by atoms with Gasteiger partial charge in [0.15, 0.2) is 0 Å². The lowest BCUT2D eigenvalue weighted by molar-refractivity contribution is -0.143. The lowest BCUT2D eigenvalue weighted by atomic mass is 10.1. The summed E-state index contributed by atoms with van der Waals surface area (Å²) in [5, 5.41) is 0. The fourth-order valence-electron chi connectivity index (χ4n) is 1.54. The molecular formula is C14H19ClO2. The number of hydrogen-bond donors (Lipinski definition) is 0. The molecule has 0 unspecified atom stereocenters. The molecule has 0 atom stereocenters. The smallest absolute Gasteiger partial charge is 0.305 e. The van der Waals surface area contributed by atoms with E-state index in [1.165, 1.54) is 5.56 Å². The van der Waals surface area contributed by atoms with Gasteiger partial charge in [-0.2, -0.15) is 0 Å². The Balaban J connectivity index is 2.02. The number of aryl methyl sites for hydroxylation is 1. The predicted molar refractivity (Wildman–Crippen MR) is 70.3 cm³/mol. The average Bonchev–Trinajstić information content (AvgIpc) is 2.36. The van der Waals surface area contributed by atoms with Crippen LogP contribution in [-0.4, -0.2) is 18.5 Å². The second-order valence-corrected chi connectivity index (χ2v) is 4.33. The second-order valence-electron chi connectivity index (χ2n) is 3.96. The van der Waals surface area contributed by atoms with E-state index in [-0.39, 0.29) is 5.97 Å². The van der Waals surface area contributed by atoms with Crippen LogP contribution in [0.3, 0.4) is 0 Å². The third-order valence-electron chi connectivity index (χ3n) is 2.48. The summed E-state index contributed by atoms with van der Waals surface area (Å²) in [5.74, 6) is 0.504. The summed E-state index contributed by atoms with van der Waals surface area (Å²) >= 11 is 5.53. The van der Waals surface area contributed by atoms with E-state index < -0.39 is 0 Å². The van der Waals surface area contributed by atoms with E-state index in [9.17, 15) is 4.79 Å². The van der Waals surface area contributed by atoms with E-state index in [1.54, 1.807) is 0 Å². The lowest BCUT2D eigenvalue weighted by Crippen LogP contribution is -2.06. The van der Waals surface area contributed by atoms with Gasteiger partial charge in [0.05, 0.1) is 6.61 Å². The Bertz CT molecular complexity index is 311. The van der Waals surface area contributed by atoms with E-state index in [0.29, 0.717) is 18.9 Å². The van der Waals surface area contributed by atoms with Gasteiger partial charge in [0.25, 0.3) is 0 Å². The largest absolute Gasteiger partial charge is 0.466 e. The summed E-state index contributed by atoms with van der Waals surface area (Å²) in [4.78, 5) is 11.3. The van der Waals surface area contributed by atoms with Crippen molar-refractivity contribution in [2.45, 2.75) is 32.1 Å². The van der Waals surface area contributed by atoms with Crippen LogP contribution in [0.1, 0.15) is 31.2 Å². The van der Waals surface area contributed by atoms with Gasteiger partial charge in [0, 0.05) is 12.3 Å². The minimum Gasteiger partial charge on any atom is -0.466 e. The molecule has 1 aromatic rings. The number of benzene rings is 1. The number of esters is 1. The molecule has 0 heterocycles. The second kappa shape index (κ2) is 9.06. The molecule has 2 nitrogen and oxygen atoms in total. The highest BCUT2D eigenvalue weighted by atomic mass is 35.5. The van der Waals surface area contributed by atoms with Gasteiger partial charge < -0.3 is 4.74 Å². The maximum Gasteiger partial charge on any atom is 0.305 e. The van der Waals surface area contributed by atoms with E-state index >= 15 is 0 Å². The molecule has 0 aromatic heterocycles. The molecular weight excluding hydrogens is 236 g/mol. The highest BCUT2D eigenvalue weighted by Gasteiger charge is 2.01. The molecule has 0 saturated carbocycles. The molecule has 0 N–H and O–H groups in total. The van der Waals surface area contributed by atoms with Crippen LogP contribution in [0.5, 0.6) is 0 Å². The normalized spacial score (nSPS) is 10.2. The molecule has 0 aliphatic carbocycles. The quantitative estimate of drug-likeness (QED) is 0.403. The van der Waals surface area contributed by atoms with Crippen LogP contribution in [0, 0.1) is 0 Å². The maximum absolute atomic E-state index is 11.3. The van der Waals surface area contributed by atoms with Crippen molar-refractivity contribution in [2.75, 3.05) is 12.5 Å². The minimum atomic E-state index is -0.108. The third-order valence-corrected chi connectivity index (χ3v) is 2.75. The highest BCUT2D eigenvalue weighted by molar-refractivity contribution is 6.17. The van der Waals surface area contributed by atoms with Gasteiger partial charge in [-0.05, 0) is 31.2 Å². The topological polar surface area (TPSA) is 26.3 Å². The molecule has 0 fully saturated rings. The number of alkyl halides is 1. The molecule has 0 radical (unpaired) electrons. The van der Waals surface area contributed by atoms with Crippen molar-refractivity contribution in [1.82, 2.24) is 0 Å². The van der Waals surface area contributed by atoms with E-state index in [1.807, 2.05) is 18.2 Å². The number of rotatable bonds is 8. The fraction of sp³-hybridized carbons (Fsp3) is 0.500. The SMILES string of the molecule is O=C(CCCCCl)OCCCc1ccccc1. The van der Waals surface area contributed by atoms with Gasteiger partial charge >= 0.3 is 5.97 Å². The van der Waals surface area contributed by atoms with Crippen LogP contribution in [0.4, 0.5) is 0 Å². The maximum atomic E-state index is 11.3. The summed E-state index contributed by atoms with van der Waals surface area (Å²) in [5.41, 5.74) is 1.28. The standard InChI is InChI=1S/C14H19ClO2/c15-11-5-4-10-14(16)17-12-6-9-13-7-2-1-3-8-13/h1-3,7-8H,4-6,9-12H2. The Kier molecular flexibility index (Phi) is 7.48. The molecule has 17 heavy (non-hydrogen) atoms. The average molecular weight is 255 g/mol. The van der Waals surface area contributed by atoms with E-state index in [4.69, 9.17) is 16.3 Å². The van der Waals surface area contributed by atoms with Crippen LogP contribution in [0.25, 0.3) is 0 Å². The first-order valence-corrected chi connectivity index (χ1v) is 6.62. The van der Waals surface area contributed by atoms with Gasteiger partial charge in [-0.1, -0.05) is 30.3 Å². The van der Waals surface area contributed by atoms with Crippen molar-refractivity contribution in [2.24, 2.45) is 0 Å². The van der Waals surface area contributed by atoms with Crippen molar-refractivity contribution < 1.29 is 9.53 Å². The summed E-state index contributed by atoms with van der Waals surface area (Å²) in [6, 6.07) is 10.2. The Morgan fingerprint density at radius 3 is 2.59 bits per heavy atom. The Labute approximate surface area is 108 Å². The monoisotopic (exact) mass is 254 g/mol. The molecule has 0 spiro atoms. The first-order valence-electron chi connectivity index (χ1n) is 6.08. The van der Waals surface area contributed by atoms with Gasteiger partial charge in [-0.15, -0.1) is 11.6 Å². The summed E-state index contributed by atoms with van der Waals surface area (Å²) in [6.45, 7) is 0.509. The molecule has 1 rings (SSSR count). The van der Waals surface area contributed by atoms with Crippen LogP contribution in [-0.2, 0) is 16.0 Å². The third kappa shape index (κ3) is 7.01. The molecule has 0 aliphatic heterocycles. The number of hydrogen-bond acceptors (Lipinski definition) is 2. The molecule has 3 heteroatoms. The molecule has 0 saturated heterocycles. The van der Waals surface area contributed by atoms with Crippen LogP contribution < -0.4 is 0 Å². The number of halogens is 1. The van der Waals surface area contributed by atoms with E-state index in [0.717, 1.165) is 25.7 Å². The van der Waals surface area contributed by atoms with Crippen LogP contribution in [0.15, 0.2) is 30.3 Å². The van der Waals surface area contributed by atoms with Crippen LogP contribution in [0.2, 0.25) is 0 Å². The Morgan fingerprint density at radius 1 is 1.12 bits per heavy atom.